The van der Waals surface area contributed by atoms with E-state index in [-0.39, 0.29) is 31.1 Å². The van der Waals surface area contributed by atoms with E-state index in [2.05, 4.69) is 106 Å². The molecule has 81 heavy (non-hydrogen) atoms. The number of carbonyl (C=O) groups excluding carboxylic acids is 3. The Hall–Kier alpha value is -3.41. The van der Waals surface area contributed by atoms with Crippen LogP contribution < -0.4 is 0 Å². The summed E-state index contributed by atoms with van der Waals surface area (Å²) in [5, 5.41) is 0. The summed E-state index contributed by atoms with van der Waals surface area (Å²) in [6.45, 7) is 6.43. The van der Waals surface area contributed by atoms with Crippen LogP contribution in [-0.2, 0) is 28.6 Å². The highest BCUT2D eigenvalue weighted by atomic mass is 16.6. The molecule has 468 valence electrons. The minimum Gasteiger partial charge on any atom is -0.462 e. The van der Waals surface area contributed by atoms with Crippen molar-refractivity contribution in [3.05, 3.63) is 85.1 Å². The van der Waals surface area contributed by atoms with Crippen molar-refractivity contribution in [2.24, 2.45) is 0 Å². The molecule has 1 unspecified atom stereocenters. The van der Waals surface area contributed by atoms with Crippen LogP contribution in [0.15, 0.2) is 85.1 Å². The second kappa shape index (κ2) is 69.1. The number of esters is 3. The lowest BCUT2D eigenvalue weighted by Gasteiger charge is -2.18. The van der Waals surface area contributed by atoms with Gasteiger partial charge >= 0.3 is 17.9 Å². The monoisotopic (exact) mass is 1130 g/mol. The molecule has 0 spiro atoms. The largest absolute Gasteiger partial charge is 0.462 e. The summed E-state index contributed by atoms with van der Waals surface area (Å²) in [4.78, 5) is 38.3. The molecule has 0 amide bonds. The van der Waals surface area contributed by atoms with Gasteiger partial charge in [0.1, 0.15) is 13.2 Å². The van der Waals surface area contributed by atoms with E-state index in [9.17, 15) is 14.4 Å². The first-order valence-electron chi connectivity index (χ1n) is 35.1. The van der Waals surface area contributed by atoms with Crippen LogP contribution in [0.4, 0.5) is 0 Å². The van der Waals surface area contributed by atoms with E-state index in [1.807, 2.05) is 0 Å². The highest BCUT2D eigenvalue weighted by molar-refractivity contribution is 5.71. The van der Waals surface area contributed by atoms with Crippen LogP contribution in [0.3, 0.4) is 0 Å². The zero-order valence-electron chi connectivity index (χ0n) is 53.8. The number of allylic oxidation sites excluding steroid dienone is 14. The summed E-state index contributed by atoms with van der Waals surface area (Å²) in [7, 11) is 0. The van der Waals surface area contributed by atoms with E-state index in [1.165, 1.54) is 180 Å². The Morgan fingerprint density at radius 3 is 0.765 bits per heavy atom. The van der Waals surface area contributed by atoms with E-state index >= 15 is 0 Å². The summed E-state index contributed by atoms with van der Waals surface area (Å²) < 4.78 is 16.9. The molecule has 0 saturated carbocycles. The van der Waals surface area contributed by atoms with Gasteiger partial charge in [0.25, 0.3) is 0 Å². The number of hydrogen-bond acceptors (Lipinski definition) is 6. The Bertz CT molecular complexity index is 1530. The summed E-state index contributed by atoms with van der Waals surface area (Å²) in [6, 6.07) is 0. The standard InChI is InChI=1S/C75H132O6/c1-4-7-10-13-16-19-22-25-28-29-30-31-32-33-34-35-36-37-38-39-40-41-42-43-44-45-48-50-53-56-59-62-65-68-74(77)80-71-72(81-75(78)69-66-63-60-57-54-51-47-27-24-21-18-15-12-9-6-3)70-79-73(76)67-64-61-58-55-52-49-46-26-23-20-17-14-11-8-5-2/h8-9,11-12,17-18,20-21,26-27,29-30,46-47,72H,4-7,10,13-16,19,22-25,28,31-45,48-71H2,1-3H3/b11-8-,12-9-,20-17-,21-18-,30-29-,46-26-,47-27-. The van der Waals surface area contributed by atoms with Gasteiger partial charge in [-0.2, -0.15) is 0 Å². The minimum absolute atomic E-state index is 0.0869. The van der Waals surface area contributed by atoms with Gasteiger partial charge in [-0.3, -0.25) is 14.4 Å². The first-order chi connectivity index (χ1) is 40.0. The van der Waals surface area contributed by atoms with E-state index < -0.39 is 6.10 Å². The Morgan fingerprint density at radius 1 is 0.259 bits per heavy atom. The first kappa shape index (κ1) is 77.6. The van der Waals surface area contributed by atoms with Crippen LogP contribution in [0.25, 0.3) is 0 Å². The number of rotatable bonds is 64. The molecule has 0 aromatic carbocycles. The van der Waals surface area contributed by atoms with E-state index in [0.29, 0.717) is 19.3 Å². The summed E-state index contributed by atoms with van der Waals surface area (Å²) in [6.07, 6.45) is 92.1. The van der Waals surface area contributed by atoms with Gasteiger partial charge in [-0.25, -0.2) is 0 Å². The average Bonchev–Trinajstić information content (AvgIpc) is 3.47. The predicted octanol–water partition coefficient (Wildman–Crippen LogP) is 24.2. The molecule has 1 atom stereocenters. The van der Waals surface area contributed by atoms with E-state index in [0.717, 1.165) is 135 Å². The maximum Gasteiger partial charge on any atom is 0.306 e. The predicted molar refractivity (Wildman–Crippen MR) is 353 cm³/mol. The zero-order chi connectivity index (χ0) is 58.5. The molecule has 0 fully saturated rings. The van der Waals surface area contributed by atoms with Crippen molar-refractivity contribution >= 4 is 17.9 Å². The molecular weight excluding hydrogens is 997 g/mol. The van der Waals surface area contributed by atoms with Crippen LogP contribution in [0.2, 0.25) is 0 Å². The Kier molecular flexibility index (Phi) is 66.2. The van der Waals surface area contributed by atoms with Crippen LogP contribution in [0, 0.1) is 0 Å². The van der Waals surface area contributed by atoms with Gasteiger partial charge in [-0.05, 0) is 109 Å². The third kappa shape index (κ3) is 67.3. The van der Waals surface area contributed by atoms with Gasteiger partial charge in [0.15, 0.2) is 6.10 Å². The fourth-order valence-corrected chi connectivity index (χ4v) is 10.2. The molecule has 0 aliphatic heterocycles. The molecule has 0 radical (unpaired) electrons. The molecule has 0 heterocycles. The van der Waals surface area contributed by atoms with Crippen LogP contribution in [-0.4, -0.2) is 37.2 Å². The van der Waals surface area contributed by atoms with Gasteiger partial charge in [-0.15, -0.1) is 0 Å². The van der Waals surface area contributed by atoms with Gasteiger partial charge in [0.2, 0.25) is 0 Å². The second-order valence-corrected chi connectivity index (χ2v) is 23.4. The molecule has 0 saturated heterocycles. The zero-order valence-corrected chi connectivity index (χ0v) is 53.8. The summed E-state index contributed by atoms with van der Waals surface area (Å²) in [5.74, 6) is -0.907. The molecule has 0 aliphatic carbocycles. The van der Waals surface area contributed by atoms with Crippen molar-refractivity contribution in [3.63, 3.8) is 0 Å². The fourth-order valence-electron chi connectivity index (χ4n) is 10.2. The highest BCUT2D eigenvalue weighted by Gasteiger charge is 2.19. The molecule has 0 aliphatic rings. The second-order valence-electron chi connectivity index (χ2n) is 23.4. The number of carbonyl (C=O) groups is 3. The quantitative estimate of drug-likeness (QED) is 0.0261. The van der Waals surface area contributed by atoms with Crippen LogP contribution in [0.5, 0.6) is 0 Å². The summed E-state index contributed by atoms with van der Waals surface area (Å²) in [5.41, 5.74) is 0. The lowest BCUT2D eigenvalue weighted by molar-refractivity contribution is -0.167. The third-order valence-electron chi connectivity index (χ3n) is 15.4. The van der Waals surface area contributed by atoms with Crippen molar-refractivity contribution in [1.29, 1.82) is 0 Å². The lowest BCUT2D eigenvalue weighted by atomic mass is 10.0. The van der Waals surface area contributed by atoms with E-state index in [4.69, 9.17) is 14.2 Å². The van der Waals surface area contributed by atoms with Crippen molar-refractivity contribution in [2.45, 2.75) is 361 Å². The van der Waals surface area contributed by atoms with Crippen molar-refractivity contribution in [1.82, 2.24) is 0 Å². The van der Waals surface area contributed by atoms with Gasteiger partial charge in [0, 0.05) is 19.3 Å². The van der Waals surface area contributed by atoms with Gasteiger partial charge < -0.3 is 14.2 Å². The van der Waals surface area contributed by atoms with Gasteiger partial charge in [0.05, 0.1) is 0 Å². The average molecular weight is 1130 g/mol. The fraction of sp³-hybridized carbons (Fsp3) is 0.773. The lowest BCUT2D eigenvalue weighted by Crippen LogP contribution is -2.30. The Labute approximate surface area is 503 Å². The van der Waals surface area contributed by atoms with Crippen molar-refractivity contribution < 1.29 is 28.6 Å². The van der Waals surface area contributed by atoms with Gasteiger partial charge in [-0.1, -0.05) is 311 Å². The number of hydrogen-bond donors (Lipinski definition) is 0. The van der Waals surface area contributed by atoms with Crippen molar-refractivity contribution in [2.75, 3.05) is 13.2 Å². The molecule has 0 aromatic heterocycles. The molecule has 0 rings (SSSR count). The molecule has 0 bridgehead atoms. The van der Waals surface area contributed by atoms with Crippen molar-refractivity contribution in [3.8, 4) is 0 Å². The molecule has 0 N–H and O–H groups in total. The topological polar surface area (TPSA) is 78.9 Å². The molecule has 0 aromatic rings. The number of ether oxygens (including phenoxy) is 3. The Morgan fingerprint density at radius 2 is 0.481 bits per heavy atom. The van der Waals surface area contributed by atoms with E-state index in [1.54, 1.807) is 0 Å². The maximum atomic E-state index is 12.9. The molecule has 6 nitrogen and oxygen atoms in total. The smallest absolute Gasteiger partial charge is 0.306 e. The minimum atomic E-state index is -0.793. The number of unbranched alkanes of at least 4 members (excludes halogenated alkanes) is 39. The first-order valence-corrected chi connectivity index (χ1v) is 35.1. The SMILES string of the molecule is CC/C=C\C/C=C\C/C=C\CCCCCCCC(=O)OCC(COC(=O)CCCCCCCCCCCCCCCCCCCCCCC/C=C\CCCCCCCCCC)OC(=O)CCCCCCC/C=C\C/C=C\C/C=C\CC. The molecule has 6 heteroatoms. The normalized spacial score (nSPS) is 12.6. The van der Waals surface area contributed by atoms with Crippen LogP contribution in [0.1, 0.15) is 355 Å². The third-order valence-corrected chi connectivity index (χ3v) is 15.4. The molecular formula is C75H132O6. The van der Waals surface area contributed by atoms with Crippen LogP contribution >= 0.6 is 0 Å². The maximum absolute atomic E-state index is 12.9. The Balaban J connectivity index is 4.15. The summed E-state index contributed by atoms with van der Waals surface area (Å²) >= 11 is 0. The highest BCUT2D eigenvalue weighted by Crippen LogP contribution is 2.18.